The minimum Gasteiger partial charge on any atom is -0.496 e. The van der Waals surface area contributed by atoms with Crippen molar-refractivity contribution in [2.45, 2.75) is 19.3 Å². The summed E-state index contributed by atoms with van der Waals surface area (Å²) in [6.45, 7) is 0. The van der Waals surface area contributed by atoms with E-state index in [1.807, 2.05) is 12.1 Å². The molecule has 0 heterocycles. The van der Waals surface area contributed by atoms with Crippen molar-refractivity contribution in [3.63, 3.8) is 0 Å². The van der Waals surface area contributed by atoms with Gasteiger partial charge in [-0.25, -0.2) is 14.0 Å². The first kappa shape index (κ1) is 17.7. The highest BCUT2D eigenvalue weighted by Gasteiger charge is 2.27. The number of aliphatic carboxylic acids is 1. The van der Waals surface area contributed by atoms with E-state index in [0.29, 0.717) is 36.1 Å². The summed E-state index contributed by atoms with van der Waals surface area (Å²) in [6.07, 6.45) is 1.21. The van der Waals surface area contributed by atoms with Crippen LogP contribution in [0.1, 0.15) is 19.3 Å². The maximum atomic E-state index is 14.4. The van der Waals surface area contributed by atoms with Crippen molar-refractivity contribution in [3.8, 4) is 22.6 Å². The number of esters is 1. The molecule has 5 nitrogen and oxygen atoms in total. The van der Waals surface area contributed by atoms with Gasteiger partial charge < -0.3 is 14.6 Å². The van der Waals surface area contributed by atoms with Crippen molar-refractivity contribution in [1.82, 2.24) is 0 Å². The van der Waals surface area contributed by atoms with Gasteiger partial charge in [-0.2, -0.15) is 0 Å². The number of methoxy groups -OCH3 is 1. The lowest BCUT2D eigenvalue weighted by Gasteiger charge is -2.11. The summed E-state index contributed by atoms with van der Waals surface area (Å²) in [5.41, 5.74) is 1.43. The molecule has 0 amide bonds. The summed E-state index contributed by atoms with van der Waals surface area (Å²) in [7, 11) is 1.53. The van der Waals surface area contributed by atoms with E-state index >= 15 is 0 Å². The third kappa shape index (κ3) is 3.44. The molecule has 0 aromatic heterocycles. The number of para-hydroxylation sites is 1. The predicted octanol–water partition coefficient (Wildman–Crippen LogP) is 3.97. The van der Waals surface area contributed by atoms with Gasteiger partial charge in [-0.15, -0.1) is 0 Å². The molecule has 0 saturated carbocycles. The Kier molecular flexibility index (Phi) is 5.02. The number of rotatable bonds is 5. The fourth-order valence-corrected chi connectivity index (χ4v) is 3.00. The van der Waals surface area contributed by atoms with Crippen LogP contribution in [-0.4, -0.2) is 24.2 Å². The van der Waals surface area contributed by atoms with Gasteiger partial charge >= 0.3 is 11.9 Å². The molecule has 0 atom stereocenters. The highest BCUT2D eigenvalue weighted by molar-refractivity contribution is 6.01. The number of hydrogen-bond donors (Lipinski definition) is 1. The lowest BCUT2D eigenvalue weighted by molar-refractivity contribution is -0.134. The van der Waals surface area contributed by atoms with Gasteiger partial charge in [0.2, 0.25) is 0 Å². The molecule has 3 rings (SSSR count). The van der Waals surface area contributed by atoms with Crippen LogP contribution >= 0.6 is 0 Å². The van der Waals surface area contributed by atoms with Crippen LogP contribution in [0.25, 0.3) is 11.1 Å². The Morgan fingerprint density at radius 3 is 2.46 bits per heavy atom. The third-order valence-electron chi connectivity index (χ3n) is 4.27. The minimum atomic E-state index is -1.14. The van der Waals surface area contributed by atoms with E-state index in [0.717, 1.165) is 0 Å². The number of carboxylic acids is 1. The molecule has 6 heteroatoms. The van der Waals surface area contributed by atoms with Crippen LogP contribution < -0.4 is 9.47 Å². The predicted molar refractivity (Wildman–Crippen MR) is 92.5 cm³/mol. The van der Waals surface area contributed by atoms with Gasteiger partial charge in [-0.1, -0.05) is 24.3 Å². The zero-order valence-electron chi connectivity index (χ0n) is 14.1. The molecule has 1 N–H and O–H groups in total. The Morgan fingerprint density at radius 1 is 1.04 bits per heavy atom. The lowest BCUT2D eigenvalue weighted by atomic mass is 10.0. The number of hydrogen-bond acceptors (Lipinski definition) is 4. The average Bonchev–Trinajstić information content (AvgIpc) is 3.13. The highest BCUT2D eigenvalue weighted by atomic mass is 19.1. The van der Waals surface area contributed by atoms with Crippen molar-refractivity contribution in [2.24, 2.45) is 0 Å². The second-order valence-corrected chi connectivity index (χ2v) is 5.85. The Labute approximate surface area is 149 Å². The van der Waals surface area contributed by atoms with Crippen LogP contribution in [0, 0.1) is 5.82 Å². The molecule has 0 fully saturated rings. The summed E-state index contributed by atoms with van der Waals surface area (Å²) < 4.78 is 24.8. The Balaban J connectivity index is 1.86. The van der Waals surface area contributed by atoms with E-state index in [4.69, 9.17) is 14.6 Å². The fraction of sp³-hybridized carbons (Fsp3) is 0.200. The van der Waals surface area contributed by atoms with E-state index in [9.17, 15) is 14.0 Å². The van der Waals surface area contributed by atoms with Crippen molar-refractivity contribution in [1.29, 1.82) is 0 Å². The number of carbonyl (C=O) groups excluding carboxylic acids is 1. The van der Waals surface area contributed by atoms with Gasteiger partial charge in [0.25, 0.3) is 0 Å². The van der Waals surface area contributed by atoms with Gasteiger partial charge in [0.1, 0.15) is 5.75 Å². The van der Waals surface area contributed by atoms with Crippen LogP contribution in [-0.2, 0) is 9.59 Å². The van der Waals surface area contributed by atoms with Crippen molar-refractivity contribution in [2.75, 3.05) is 7.11 Å². The molecule has 2 aromatic carbocycles. The lowest BCUT2D eigenvalue weighted by Crippen LogP contribution is -2.14. The Bertz CT molecular complexity index is 901. The number of halogens is 1. The molecule has 0 saturated heterocycles. The molecule has 0 spiro atoms. The SMILES string of the molecule is COc1ccccc1-c1ccc(OC(=O)C2=C(C(=O)O)CCC2)c(F)c1. The molecule has 134 valence electrons. The molecule has 0 unspecified atom stereocenters. The maximum absolute atomic E-state index is 14.4. The Morgan fingerprint density at radius 2 is 1.77 bits per heavy atom. The van der Waals surface area contributed by atoms with E-state index in [1.54, 1.807) is 18.2 Å². The van der Waals surface area contributed by atoms with Crippen LogP contribution in [0.2, 0.25) is 0 Å². The number of benzene rings is 2. The Hall–Kier alpha value is -3.15. The summed E-state index contributed by atoms with van der Waals surface area (Å²) in [6, 6.07) is 11.4. The molecule has 1 aliphatic rings. The summed E-state index contributed by atoms with van der Waals surface area (Å²) in [4.78, 5) is 23.4. The zero-order valence-corrected chi connectivity index (χ0v) is 14.1. The van der Waals surface area contributed by atoms with Crippen molar-refractivity contribution >= 4 is 11.9 Å². The summed E-state index contributed by atoms with van der Waals surface area (Å²) in [5.74, 6) is -2.31. The van der Waals surface area contributed by atoms with Gasteiger partial charge in [0.15, 0.2) is 11.6 Å². The minimum absolute atomic E-state index is 0.0426. The molecule has 0 bridgehead atoms. The maximum Gasteiger partial charge on any atom is 0.340 e. The van der Waals surface area contributed by atoms with Crippen molar-refractivity contribution in [3.05, 3.63) is 59.4 Å². The molecular weight excluding hydrogens is 339 g/mol. The largest absolute Gasteiger partial charge is 0.496 e. The quantitative estimate of drug-likeness (QED) is 0.648. The molecular formula is C20H17FO5. The van der Waals surface area contributed by atoms with Crippen LogP contribution in [0.4, 0.5) is 4.39 Å². The molecule has 0 aliphatic heterocycles. The first-order chi connectivity index (χ1) is 12.5. The average molecular weight is 356 g/mol. The molecule has 0 radical (unpaired) electrons. The molecule has 26 heavy (non-hydrogen) atoms. The zero-order chi connectivity index (χ0) is 18.7. The van der Waals surface area contributed by atoms with E-state index in [1.165, 1.54) is 19.2 Å². The van der Waals surface area contributed by atoms with Crippen molar-refractivity contribution < 1.29 is 28.6 Å². The van der Waals surface area contributed by atoms with Crippen LogP contribution in [0.5, 0.6) is 11.5 Å². The standard InChI is InChI=1S/C20H17FO5/c1-25-17-8-3-2-5-13(17)12-9-10-18(16(21)11-12)26-20(24)15-7-4-6-14(15)19(22)23/h2-3,5,8-11H,4,6-7H2,1H3,(H,22,23). The summed E-state index contributed by atoms with van der Waals surface area (Å²) in [5, 5.41) is 9.11. The second-order valence-electron chi connectivity index (χ2n) is 5.85. The van der Waals surface area contributed by atoms with E-state index in [2.05, 4.69) is 0 Å². The third-order valence-corrected chi connectivity index (χ3v) is 4.27. The first-order valence-electron chi connectivity index (χ1n) is 8.11. The first-order valence-corrected chi connectivity index (χ1v) is 8.11. The topological polar surface area (TPSA) is 72.8 Å². The summed E-state index contributed by atoms with van der Waals surface area (Å²) >= 11 is 0. The van der Waals surface area contributed by atoms with E-state index < -0.39 is 17.8 Å². The van der Waals surface area contributed by atoms with E-state index in [-0.39, 0.29) is 16.9 Å². The molecule has 2 aromatic rings. The number of ether oxygens (including phenoxy) is 2. The van der Waals surface area contributed by atoms with Gasteiger partial charge in [-0.05, 0) is 43.0 Å². The molecule has 1 aliphatic carbocycles. The van der Waals surface area contributed by atoms with Gasteiger partial charge in [0.05, 0.1) is 7.11 Å². The smallest absolute Gasteiger partial charge is 0.340 e. The van der Waals surface area contributed by atoms with Crippen LogP contribution in [0.3, 0.4) is 0 Å². The van der Waals surface area contributed by atoms with Crippen LogP contribution in [0.15, 0.2) is 53.6 Å². The normalized spacial score (nSPS) is 13.6. The van der Waals surface area contributed by atoms with Gasteiger partial charge in [0, 0.05) is 16.7 Å². The second kappa shape index (κ2) is 7.39. The fourth-order valence-electron chi connectivity index (χ4n) is 3.00. The number of carboxylic acid groups (broad SMARTS) is 1. The highest BCUT2D eigenvalue weighted by Crippen LogP contribution is 2.33. The number of carbonyl (C=O) groups is 2. The monoisotopic (exact) mass is 356 g/mol. The van der Waals surface area contributed by atoms with Gasteiger partial charge in [-0.3, -0.25) is 0 Å².